The molecule has 66 valence electrons. The molecular weight excluding hydrogens is 234 g/mol. The van der Waals surface area contributed by atoms with E-state index in [0.29, 0.717) is 0 Å². The fourth-order valence-corrected chi connectivity index (χ4v) is 1.65. The molecule has 11 heavy (non-hydrogen) atoms. The summed E-state index contributed by atoms with van der Waals surface area (Å²) in [5.74, 6) is -0.965. The zero-order valence-electron chi connectivity index (χ0n) is 5.83. The van der Waals surface area contributed by atoms with Gasteiger partial charge >= 0.3 is 0 Å². The summed E-state index contributed by atoms with van der Waals surface area (Å²) in [6.07, 6.45) is 0. The van der Waals surface area contributed by atoms with Gasteiger partial charge < -0.3 is 9.47 Å². The van der Waals surface area contributed by atoms with Gasteiger partial charge in [-0.15, -0.1) is 0 Å². The summed E-state index contributed by atoms with van der Waals surface area (Å²) >= 11 is 22.4. The predicted octanol–water partition coefficient (Wildman–Crippen LogP) is 3.03. The third kappa shape index (κ3) is 1.87. The summed E-state index contributed by atoms with van der Waals surface area (Å²) in [6.45, 7) is 3.22. The van der Waals surface area contributed by atoms with Crippen molar-refractivity contribution in [3.05, 3.63) is 0 Å². The highest BCUT2D eigenvalue weighted by molar-refractivity contribution is 6.61. The molecule has 0 aromatic rings. The van der Waals surface area contributed by atoms with Crippen LogP contribution in [0.4, 0.5) is 0 Å². The molecule has 6 heteroatoms. The third-order valence-corrected chi connectivity index (χ3v) is 2.85. The molecule has 2 nitrogen and oxygen atoms in total. The average molecular weight is 240 g/mol. The Bertz CT molecular complexity index is 159. The number of hydrogen-bond acceptors (Lipinski definition) is 2. The first-order valence-electron chi connectivity index (χ1n) is 2.82. The van der Waals surface area contributed by atoms with Gasteiger partial charge in [-0.05, 0) is 13.8 Å². The highest BCUT2D eigenvalue weighted by Crippen LogP contribution is 2.54. The molecule has 1 saturated heterocycles. The summed E-state index contributed by atoms with van der Waals surface area (Å²) in [4.78, 5) is 0. The number of rotatable bonds is 0. The van der Waals surface area contributed by atoms with Crippen molar-refractivity contribution in [2.75, 3.05) is 0 Å². The van der Waals surface area contributed by atoms with Crippen molar-refractivity contribution in [1.82, 2.24) is 0 Å². The molecule has 1 aliphatic heterocycles. The molecule has 0 aliphatic carbocycles. The molecule has 0 aromatic carbocycles. The zero-order valence-corrected chi connectivity index (χ0v) is 8.85. The van der Waals surface area contributed by atoms with Crippen LogP contribution in [0.2, 0.25) is 0 Å². The van der Waals surface area contributed by atoms with Crippen LogP contribution in [0.3, 0.4) is 0 Å². The molecule has 0 unspecified atom stereocenters. The third-order valence-electron chi connectivity index (χ3n) is 1.09. The van der Waals surface area contributed by atoms with Crippen LogP contribution in [0.5, 0.6) is 0 Å². The number of alkyl halides is 4. The van der Waals surface area contributed by atoms with Crippen LogP contribution >= 0.6 is 46.4 Å². The Morgan fingerprint density at radius 2 is 1.09 bits per heavy atom. The van der Waals surface area contributed by atoms with Crippen LogP contribution in [0, 0.1) is 0 Å². The second-order valence-electron chi connectivity index (χ2n) is 2.64. The second-order valence-corrected chi connectivity index (χ2v) is 5.15. The van der Waals surface area contributed by atoms with Gasteiger partial charge in [0.05, 0.1) is 0 Å². The number of ether oxygens (including phenoxy) is 2. The largest absolute Gasteiger partial charge is 0.310 e. The van der Waals surface area contributed by atoms with Crippen molar-refractivity contribution >= 4 is 46.4 Å². The first-order valence-corrected chi connectivity index (χ1v) is 4.33. The van der Waals surface area contributed by atoms with Gasteiger partial charge in [0.15, 0.2) is 5.79 Å². The van der Waals surface area contributed by atoms with Crippen molar-refractivity contribution in [2.24, 2.45) is 0 Å². The number of hydrogen-bond donors (Lipinski definition) is 0. The summed E-state index contributed by atoms with van der Waals surface area (Å²) in [7, 11) is 0. The van der Waals surface area contributed by atoms with E-state index in [2.05, 4.69) is 0 Å². The van der Waals surface area contributed by atoms with Crippen LogP contribution in [0.25, 0.3) is 0 Å². The maximum Gasteiger partial charge on any atom is 0.279 e. The van der Waals surface area contributed by atoms with E-state index in [1.54, 1.807) is 13.8 Å². The lowest BCUT2D eigenvalue weighted by molar-refractivity contribution is -0.141. The lowest BCUT2D eigenvalue weighted by atomic mass is 10.4. The van der Waals surface area contributed by atoms with Gasteiger partial charge in [0, 0.05) is 0 Å². The molecule has 0 aromatic heterocycles. The quantitative estimate of drug-likeness (QED) is 0.605. The van der Waals surface area contributed by atoms with E-state index in [0.717, 1.165) is 0 Å². The minimum Gasteiger partial charge on any atom is -0.310 e. The van der Waals surface area contributed by atoms with Crippen molar-refractivity contribution in [3.63, 3.8) is 0 Å². The lowest BCUT2D eigenvalue weighted by Gasteiger charge is -2.19. The van der Waals surface area contributed by atoms with E-state index in [-0.39, 0.29) is 0 Å². The molecule has 1 rings (SSSR count). The first-order chi connectivity index (χ1) is 4.66. The summed E-state index contributed by atoms with van der Waals surface area (Å²) in [5, 5.41) is 0. The Morgan fingerprint density at radius 1 is 0.818 bits per heavy atom. The molecule has 0 radical (unpaired) electrons. The van der Waals surface area contributed by atoms with Gasteiger partial charge in [0.25, 0.3) is 9.04 Å². The second kappa shape index (κ2) is 2.53. The Morgan fingerprint density at radius 3 is 1.18 bits per heavy atom. The van der Waals surface area contributed by atoms with Crippen molar-refractivity contribution in [2.45, 2.75) is 28.7 Å². The van der Waals surface area contributed by atoms with Crippen molar-refractivity contribution in [1.29, 1.82) is 0 Å². The van der Waals surface area contributed by atoms with E-state index < -0.39 is 14.8 Å². The molecule has 0 saturated carbocycles. The fourth-order valence-electron chi connectivity index (χ4n) is 0.757. The Kier molecular flexibility index (Phi) is 2.34. The molecule has 0 N–H and O–H groups in total. The van der Waals surface area contributed by atoms with Crippen molar-refractivity contribution in [3.8, 4) is 0 Å². The van der Waals surface area contributed by atoms with E-state index in [9.17, 15) is 0 Å². The van der Waals surface area contributed by atoms with Gasteiger partial charge in [-0.3, -0.25) is 0 Å². The maximum atomic E-state index is 5.60. The topological polar surface area (TPSA) is 18.5 Å². The number of halogens is 4. The highest BCUT2D eigenvalue weighted by Gasteiger charge is 2.61. The van der Waals surface area contributed by atoms with Gasteiger partial charge in [0.1, 0.15) is 0 Å². The SMILES string of the molecule is CC1(C)OC(Cl)(Cl)C(Cl)(Cl)O1. The first kappa shape index (κ1) is 10.2. The minimum atomic E-state index is -1.72. The molecular formula is C5H6Cl4O2. The highest BCUT2D eigenvalue weighted by atomic mass is 35.5. The Balaban J connectivity index is 2.89. The standard InChI is InChI=1S/C5H6Cl4O2/c1-3(2)10-4(6,7)5(8,9)11-3/h1-2H3. The summed E-state index contributed by atoms with van der Waals surface area (Å²) in [5.41, 5.74) is 0. The molecule has 1 fully saturated rings. The fraction of sp³-hybridized carbons (Fsp3) is 1.00. The van der Waals surface area contributed by atoms with Crippen LogP contribution in [0.15, 0.2) is 0 Å². The van der Waals surface area contributed by atoms with Gasteiger partial charge in [-0.2, -0.15) is 0 Å². The Labute approximate surface area is 84.6 Å². The molecule has 1 aliphatic rings. The van der Waals surface area contributed by atoms with Crippen LogP contribution < -0.4 is 0 Å². The molecule has 1 heterocycles. The zero-order chi connectivity index (χ0) is 8.91. The normalized spacial score (nSPS) is 32.2. The van der Waals surface area contributed by atoms with Gasteiger partial charge in [-0.1, -0.05) is 46.4 Å². The predicted molar refractivity (Wildman–Crippen MR) is 45.1 cm³/mol. The average Bonchev–Trinajstić information content (AvgIpc) is 1.66. The summed E-state index contributed by atoms with van der Waals surface area (Å²) < 4.78 is 6.55. The van der Waals surface area contributed by atoms with E-state index >= 15 is 0 Å². The van der Waals surface area contributed by atoms with Crippen molar-refractivity contribution < 1.29 is 9.47 Å². The monoisotopic (exact) mass is 238 g/mol. The summed E-state index contributed by atoms with van der Waals surface area (Å²) in [6, 6.07) is 0. The van der Waals surface area contributed by atoms with Gasteiger partial charge in [-0.25, -0.2) is 0 Å². The molecule has 0 atom stereocenters. The smallest absolute Gasteiger partial charge is 0.279 e. The molecule has 0 spiro atoms. The van der Waals surface area contributed by atoms with Crippen LogP contribution in [-0.4, -0.2) is 14.8 Å². The van der Waals surface area contributed by atoms with E-state index in [1.807, 2.05) is 0 Å². The van der Waals surface area contributed by atoms with Crippen LogP contribution in [-0.2, 0) is 9.47 Å². The van der Waals surface area contributed by atoms with Crippen LogP contribution in [0.1, 0.15) is 13.8 Å². The van der Waals surface area contributed by atoms with E-state index in [1.165, 1.54) is 0 Å². The minimum absolute atomic E-state index is 0.965. The van der Waals surface area contributed by atoms with E-state index in [4.69, 9.17) is 55.9 Å². The lowest BCUT2D eigenvalue weighted by Crippen LogP contribution is -2.31. The molecule has 0 bridgehead atoms. The maximum absolute atomic E-state index is 5.60. The van der Waals surface area contributed by atoms with Gasteiger partial charge in [0.2, 0.25) is 0 Å². The Hall–Kier alpha value is 1.08. The molecule has 0 amide bonds.